The number of piperazine rings is 1. The summed E-state index contributed by atoms with van der Waals surface area (Å²) in [5, 5.41) is 0. The first-order chi connectivity index (χ1) is 10.3. The van der Waals surface area contributed by atoms with Gasteiger partial charge in [-0.2, -0.15) is 0 Å². The Morgan fingerprint density at radius 3 is 2.62 bits per heavy atom. The van der Waals surface area contributed by atoms with E-state index < -0.39 is 0 Å². The minimum atomic E-state index is -0.252. The summed E-state index contributed by atoms with van der Waals surface area (Å²) < 4.78 is 11.0. The molecule has 1 aromatic rings. The molecular weight excluding hydrogens is 268 g/mol. The van der Waals surface area contributed by atoms with Crippen molar-refractivity contribution in [3.63, 3.8) is 0 Å². The van der Waals surface area contributed by atoms with E-state index in [1.54, 1.807) is 17.0 Å². The van der Waals surface area contributed by atoms with E-state index in [9.17, 15) is 4.79 Å². The number of hydrogen-bond acceptors (Lipinski definition) is 4. The molecule has 0 saturated carbocycles. The largest absolute Gasteiger partial charge is 0.415 e. The summed E-state index contributed by atoms with van der Waals surface area (Å²) in [6.07, 6.45) is 2.47. The number of amides is 1. The lowest BCUT2D eigenvalue weighted by Gasteiger charge is -2.35. The molecule has 21 heavy (non-hydrogen) atoms. The molecule has 0 spiro atoms. The first kappa shape index (κ1) is 14.4. The van der Waals surface area contributed by atoms with E-state index >= 15 is 0 Å². The van der Waals surface area contributed by atoms with Gasteiger partial charge in [-0.3, -0.25) is 4.90 Å². The van der Waals surface area contributed by atoms with Crippen LogP contribution in [0.4, 0.5) is 4.79 Å². The first-order valence-electron chi connectivity index (χ1n) is 7.67. The maximum Gasteiger partial charge on any atom is 0.415 e. The zero-order valence-electron chi connectivity index (χ0n) is 12.2. The number of hydrogen-bond donors (Lipinski definition) is 0. The molecule has 2 aliphatic rings. The van der Waals surface area contributed by atoms with Crippen molar-refractivity contribution in [2.24, 2.45) is 0 Å². The number of rotatable bonds is 3. The Bertz CT molecular complexity index is 452. The van der Waals surface area contributed by atoms with Crippen molar-refractivity contribution in [2.45, 2.75) is 18.9 Å². The lowest BCUT2D eigenvalue weighted by Crippen LogP contribution is -2.51. The number of benzene rings is 1. The number of para-hydroxylation sites is 1. The average molecular weight is 290 g/mol. The highest BCUT2D eigenvalue weighted by Crippen LogP contribution is 2.15. The molecule has 2 fully saturated rings. The van der Waals surface area contributed by atoms with Crippen molar-refractivity contribution in [1.29, 1.82) is 0 Å². The number of carbonyl (C=O) groups is 1. The summed E-state index contributed by atoms with van der Waals surface area (Å²) in [5.41, 5.74) is 0. The maximum absolute atomic E-state index is 12.1. The molecule has 0 aromatic heterocycles. The highest BCUT2D eigenvalue weighted by atomic mass is 16.6. The number of nitrogens with zero attached hydrogens (tertiary/aromatic N) is 2. The van der Waals surface area contributed by atoms with Gasteiger partial charge < -0.3 is 14.4 Å². The van der Waals surface area contributed by atoms with E-state index in [2.05, 4.69) is 4.90 Å². The fourth-order valence-electron chi connectivity index (χ4n) is 2.84. The predicted octanol–water partition coefficient (Wildman–Crippen LogP) is 1.98. The summed E-state index contributed by atoms with van der Waals surface area (Å²) in [7, 11) is 0. The molecule has 3 rings (SSSR count). The number of ether oxygens (including phenoxy) is 2. The Morgan fingerprint density at radius 1 is 1.19 bits per heavy atom. The van der Waals surface area contributed by atoms with Gasteiger partial charge in [-0.05, 0) is 25.0 Å². The molecule has 1 aromatic carbocycles. The molecule has 2 heterocycles. The van der Waals surface area contributed by atoms with Crippen molar-refractivity contribution < 1.29 is 14.3 Å². The van der Waals surface area contributed by atoms with Crippen molar-refractivity contribution >= 4 is 6.09 Å². The highest BCUT2D eigenvalue weighted by Gasteiger charge is 2.25. The molecule has 0 aliphatic carbocycles. The van der Waals surface area contributed by atoms with Crippen LogP contribution in [0.5, 0.6) is 5.75 Å². The van der Waals surface area contributed by atoms with E-state index in [-0.39, 0.29) is 6.09 Å². The number of carbonyl (C=O) groups excluding carboxylic acids is 1. The van der Waals surface area contributed by atoms with Gasteiger partial charge in [0.15, 0.2) is 0 Å². The fraction of sp³-hybridized carbons (Fsp3) is 0.562. The topological polar surface area (TPSA) is 42.0 Å². The minimum absolute atomic E-state index is 0.252. The Kier molecular flexibility index (Phi) is 4.72. The molecule has 0 N–H and O–H groups in total. The molecular formula is C16H22N2O3. The van der Waals surface area contributed by atoms with E-state index in [1.807, 2.05) is 18.2 Å². The smallest absolute Gasteiger partial charge is 0.410 e. The molecule has 0 radical (unpaired) electrons. The SMILES string of the molecule is O=C(Oc1ccccc1)N1CCN(CC2CCCO2)CC1. The quantitative estimate of drug-likeness (QED) is 0.853. The highest BCUT2D eigenvalue weighted by molar-refractivity contribution is 5.70. The molecule has 1 amide bonds. The second kappa shape index (κ2) is 6.91. The summed E-state index contributed by atoms with van der Waals surface area (Å²) in [6, 6.07) is 9.22. The lowest BCUT2D eigenvalue weighted by molar-refractivity contribution is 0.0516. The predicted molar refractivity (Wildman–Crippen MR) is 79.5 cm³/mol. The average Bonchev–Trinajstić information content (AvgIpc) is 3.02. The third-order valence-electron chi connectivity index (χ3n) is 4.06. The normalized spacial score (nSPS) is 23.2. The van der Waals surface area contributed by atoms with E-state index in [0.717, 1.165) is 45.8 Å². The van der Waals surface area contributed by atoms with Crippen LogP contribution in [0.25, 0.3) is 0 Å². The van der Waals surface area contributed by atoms with Gasteiger partial charge in [0.2, 0.25) is 0 Å². The van der Waals surface area contributed by atoms with Crippen molar-refractivity contribution in [3.05, 3.63) is 30.3 Å². The molecule has 5 nitrogen and oxygen atoms in total. The third-order valence-corrected chi connectivity index (χ3v) is 4.06. The molecule has 114 valence electrons. The zero-order chi connectivity index (χ0) is 14.5. The first-order valence-corrected chi connectivity index (χ1v) is 7.67. The van der Waals surface area contributed by atoms with Gasteiger partial charge in [0.05, 0.1) is 6.10 Å². The Morgan fingerprint density at radius 2 is 1.95 bits per heavy atom. The monoisotopic (exact) mass is 290 g/mol. The standard InChI is InChI=1S/C16H22N2O3/c19-16(21-14-5-2-1-3-6-14)18-10-8-17(9-11-18)13-15-7-4-12-20-15/h1-3,5-6,15H,4,7-13H2. The van der Waals surface area contributed by atoms with Crippen LogP contribution in [0, 0.1) is 0 Å². The molecule has 0 bridgehead atoms. The molecule has 2 aliphatic heterocycles. The van der Waals surface area contributed by atoms with Crippen LogP contribution in [-0.2, 0) is 4.74 Å². The molecule has 5 heteroatoms. The van der Waals surface area contributed by atoms with Gasteiger partial charge in [0.25, 0.3) is 0 Å². The second-order valence-electron chi connectivity index (χ2n) is 5.60. The fourth-order valence-corrected chi connectivity index (χ4v) is 2.84. The van der Waals surface area contributed by atoms with Crippen molar-refractivity contribution in [2.75, 3.05) is 39.3 Å². The van der Waals surface area contributed by atoms with Crippen molar-refractivity contribution in [1.82, 2.24) is 9.80 Å². The Balaban J connectivity index is 1.43. The Labute approximate surface area is 125 Å². The van der Waals surface area contributed by atoms with Crippen LogP contribution in [0.15, 0.2) is 30.3 Å². The van der Waals surface area contributed by atoms with Crippen LogP contribution >= 0.6 is 0 Å². The van der Waals surface area contributed by atoms with Gasteiger partial charge in [-0.25, -0.2) is 4.79 Å². The van der Waals surface area contributed by atoms with Gasteiger partial charge >= 0.3 is 6.09 Å². The summed E-state index contributed by atoms with van der Waals surface area (Å²) >= 11 is 0. The second-order valence-corrected chi connectivity index (χ2v) is 5.60. The van der Waals surface area contributed by atoms with Gasteiger partial charge in [0.1, 0.15) is 5.75 Å². The lowest BCUT2D eigenvalue weighted by atomic mass is 10.2. The van der Waals surface area contributed by atoms with Crippen LogP contribution in [0.3, 0.4) is 0 Å². The molecule has 1 unspecified atom stereocenters. The van der Waals surface area contributed by atoms with Crippen LogP contribution < -0.4 is 4.74 Å². The van der Waals surface area contributed by atoms with Gasteiger partial charge in [-0.1, -0.05) is 18.2 Å². The summed E-state index contributed by atoms with van der Waals surface area (Å²) in [4.78, 5) is 16.2. The van der Waals surface area contributed by atoms with Gasteiger partial charge in [-0.15, -0.1) is 0 Å². The van der Waals surface area contributed by atoms with Crippen molar-refractivity contribution in [3.8, 4) is 5.75 Å². The molecule has 1 atom stereocenters. The van der Waals surface area contributed by atoms with E-state index in [1.165, 1.54) is 6.42 Å². The summed E-state index contributed by atoms with van der Waals surface area (Å²) in [6.45, 7) is 5.11. The minimum Gasteiger partial charge on any atom is -0.410 e. The van der Waals surface area contributed by atoms with Gasteiger partial charge in [0, 0.05) is 39.3 Å². The third kappa shape index (κ3) is 3.95. The van der Waals surface area contributed by atoms with Crippen LogP contribution in [0.2, 0.25) is 0 Å². The van der Waals surface area contributed by atoms with Crippen LogP contribution in [-0.4, -0.2) is 61.3 Å². The van der Waals surface area contributed by atoms with Crippen LogP contribution in [0.1, 0.15) is 12.8 Å². The molecule has 2 saturated heterocycles. The summed E-state index contributed by atoms with van der Waals surface area (Å²) in [5.74, 6) is 0.601. The Hall–Kier alpha value is -1.59. The van der Waals surface area contributed by atoms with E-state index in [0.29, 0.717) is 11.9 Å². The zero-order valence-corrected chi connectivity index (χ0v) is 12.2. The maximum atomic E-state index is 12.1. The van der Waals surface area contributed by atoms with E-state index in [4.69, 9.17) is 9.47 Å².